The topological polar surface area (TPSA) is 43.9 Å². The molecule has 3 aromatic rings. The number of rotatable bonds is 8. The highest BCUT2D eigenvalue weighted by Gasteiger charge is 2.33. The van der Waals surface area contributed by atoms with Crippen LogP contribution in [0.15, 0.2) is 60.0 Å². The fourth-order valence-corrected chi connectivity index (χ4v) is 6.92. The molecule has 1 aromatic heterocycles. The van der Waals surface area contributed by atoms with Crippen molar-refractivity contribution in [2.24, 2.45) is 0 Å². The Morgan fingerprint density at radius 1 is 0.872 bits per heavy atom. The minimum absolute atomic E-state index is 0.0741. The number of hydrogen-bond acceptors (Lipinski definition) is 4. The van der Waals surface area contributed by atoms with Crippen LogP contribution in [0.25, 0.3) is 0 Å². The lowest BCUT2D eigenvalue weighted by Gasteiger charge is -2.37. The molecular formula is C33H41N3O2S. The van der Waals surface area contributed by atoms with Crippen LogP contribution < -0.4 is 0 Å². The van der Waals surface area contributed by atoms with Gasteiger partial charge in [0.2, 0.25) is 5.91 Å². The van der Waals surface area contributed by atoms with Gasteiger partial charge in [0.05, 0.1) is 12.6 Å². The molecule has 0 saturated carbocycles. The fourth-order valence-electron chi connectivity index (χ4n) is 6.02. The van der Waals surface area contributed by atoms with E-state index in [2.05, 4.69) is 66.6 Å². The van der Waals surface area contributed by atoms with Crippen molar-refractivity contribution in [2.75, 3.05) is 39.3 Å². The first kappa shape index (κ1) is 27.6. The summed E-state index contributed by atoms with van der Waals surface area (Å²) in [5.74, 6) is 0.239. The average Bonchev–Trinajstić information content (AvgIpc) is 3.29. The summed E-state index contributed by atoms with van der Waals surface area (Å²) in [6, 6.07) is 19.0. The Morgan fingerprint density at radius 3 is 2.44 bits per heavy atom. The van der Waals surface area contributed by atoms with Crippen molar-refractivity contribution in [3.8, 4) is 0 Å². The minimum Gasteiger partial charge on any atom is -0.340 e. The molecule has 1 unspecified atom stereocenters. The summed E-state index contributed by atoms with van der Waals surface area (Å²) >= 11 is 1.83. The average molecular weight is 544 g/mol. The molecule has 206 valence electrons. The lowest BCUT2D eigenvalue weighted by molar-refractivity contribution is -0.132. The van der Waals surface area contributed by atoms with Crippen molar-refractivity contribution in [1.82, 2.24) is 14.7 Å². The van der Waals surface area contributed by atoms with Gasteiger partial charge in [-0.15, -0.1) is 11.3 Å². The van der Waals surface area contributed by atoms with Crippen molar-refractivity contribution in [3.63, 3.8) is 0 Å². The Kier molecular flexibility index (Phi) is 9.15. The summed E-state index contributed by atoms with van der Waals surface area (Å²) in [6.45, 7) is 8.22. The molecule has 0 radical (unpaired) electrons. The van der Waals surface area contributed by atoms with E-state index >= 15 is 0 Å². The maximum atomic E-state index is 13.6. The van der Waals surface area contributed by atoms with E-state index in [0.29, 0.717) is 32.7 Å². The maximum Gasteiger partial charge on any atom is 0.253 e. The Hall–Kier alpha value is -2.96. The molecule has 2 amide bonds. The van der Waals surface area contributed by atoms with Crippen molar-refractivity contribution in [2.45, 2.75) is 58.4 Å². The summed E-state index contributed by atoms with van der Waals surface area (Å²) in [5, 5.41) is 2.18. The van der Waals surface area contributed by atoms with Crippen LogP contribution in [0.4, 0.5) is 0 Å². The number of carbonyl (C=O) groups is 2. The Balaban J connectivity index is 1.21. The highest BCUT2D eigenvalue weighted by Crippen LogP contribution is 2.38. The zero-order valence-corrected chi connectivity index (χ0v) is 24.2. The van der Waals surface area contributed by atoms with Gasteiger partial charge in [-0.2, -0.15) is 0 Å². The highest BCUT2D eigenvalue weighted by atomic mass is 32.1. The number of thiophene rings is 1. The van der Waals surface area contributed by atoms with Gasteiger partial charge >= 0.3 is 0 Å². The summed E-state index contributed by atoms with van der Waals surface area (Å²) in [5.41, 5.74) is 5.93. The van der Waals surface area contributed by atoms with Crippen LogP contribution in [0, 0.1) is 6.92 Å². The summed E-state index contributed by atoms with van der Waals surface area (Å²) in [7, 11) is 0. The van der Waals surface area contributed by atoms with E-state index < -0.39 is 0 Å². The van der Waals surface area contributed by atoms with Crippen LogP contribution in [0.1, 0.15) is 76.1 Å². The molecule has 2 aliphatic heterocycles. The SMILES string of the molecule is CCCCCc1ccc(C(=O)N2CCCN(C(=O)CN3CCc4sccc4C3c3ccccc3C)CC2)cc1. The lowest BCUT2D eigenvalue weighted by Crippen LogP contribution is -2.45. The number of fused-ring (bicyclic) bond motifs is 1. The summed E-state index contributed by atoms with van der Waals surface area (Å²) in [6.07, 6.45) is 6.51. The van der Waals surface area contributed by atoms with Crippen molar-refractivity contribution in [3.05, 3.63) is 92.7 Å². The first-order valence-electron chi connectivity index (χ1n) is 14.6. The molecular weight excluding hydrogens is 502 g/mol. The molecule has 3 heterocycles. The van der Waals surface area contributed by atoms with Crippen molar-refractivity contribution < 1.29 is 9.59 Å². The Labute approximate surface area is 237 Å². The zero-order valence-electron chi connectivity index (χ0n) is 23.4. The van der Waals surface area contributed by atoms with E-state index in [1.807, 2.05) is 33.3 Å². The van der Waals surface area contributed by atoms with E-state index in [0.717, 1.165) is 31.4 Å². The molecule has 5 rings (SSSR count). The van der Waals surface area contributed by atoms with Gasteiger partial charge in [0.1, 0.15) is 0 Å². The molecule has 1 fully saturated rings. The highest BCUT2D eigenvalue weighted by molar-refractivity contribution is 7.10. The fraction of sp³-hybridized carbons (Fsp3) is 0.455. The third-order valence-electron chi connectivity index (χ3n) is 8.29. The summed E-state index contributed by atoms with van der Waals surface area (Å²) in [4.78, 5) is 34.6. The van der Waals surface area contributed by atoms with Crippen molar-refractivity contribution >= 4 is 23.2 Å². The normalized spacial score (nSPS) is 18.1. The number of unbranched alkanes of at least 4 members (excludes halogenated alkanes) is 2. The van der Waals surface area contributed by atoms with Gasteiger partial charge in [-0.1, -0.05) is 56.2 Å². The number of hydrogen-bond donors (Lipinski definition) is 0. The third kappa shape index (κ3) is 6.44. The van der Waals surface area contributed by atoms with E-state index in [1.54, 1.807) is 0 Å². The van der Waals surface area contributed by atoms with Gasteiger partial charge in [0.25, 0.3) is 5.91 Å². The lowest BCUT2D eigenvalue weighted by atomic mass is 9.90. The monoisotopic (exact) mass is 543 g/mol. The van der Waals surface area contributed by atoms with Crippen LogP contribution in [0.2, 0.25) is 0 Å². The van der Waals surface area contributed by atoms with E-state index in [1.165, 1.54) is 46.4 Å². The van der Waals surface area contributed by atoms with E-state index in [9.17, 15) is 9.59 Å². The predicted molar refractivity (Wildman–Crippen MR) is 159 cm³/mol. The second-order valence-corrected chi connectivity index (χ2v) is 12.0. The molecule has 39 heavy (non-hydrogen) atoms. The van der Waals surface area contributed by atoms with Crippen molar-refractivity contribution in [1.29, 1.82) is 0 Å². The Morgan fingerprint density at radius 2 is 1.64 bits per heavy atom. The largest absolute Gasteiger partial charge is 0.340 e. The molecule has 2 aliphatic rings. The van der Waals surface area contributed by atoms with Gasteiger partial charge in [-0.05, 0) is 78.4 Å². The van der Waals surface area contributed by atoms with Gasteiger partial charge in [-0.25, -0.2) is 0 Å². The first-order chi connectivity index (χ1) is 19.0. The molecule has 1 atom stereocenters. The molecule has 1 saturated heterocycles. The summed E-state index contributed by atoms with van der Waals surface area (Å²) < 4.78 is 0. The van der Waals surface area contributed by atoms with Gasteiger partial charge in [0.15, 0.2) is 0 Å². The smallest absolute Gasteiger partial charge is 0.253 e. The number of aryl methyl sites for hydroxylation is 2. The molecule has 5 nitrogen and oxygen atoms in total. The minimum atomic E-state index is 0.0741. The van der Waals surface area contributed by atoms with Crippen LogP contribution in [0.3, 0.4) is 0 Å². The second kappa shape index (κ2) is 12.9. The number of carbonyl (C=O) groups excluding carboxylic acids is 2. The van der Waals surface area contributed by atoms with Gasteiger partial charge < -0.3 is 9.80 Å². The number of benzene rings is 2. The third-order valence-corrected chi connectivity index (χ3v) is 9.29. The molecule has 0 aliphatic carbocycles. The van der Waals surface area contributed by atoms with Gasteiger partial charge in [-0.3, -0.25) is 14.5 Å². The number of nitrogens with zero attached hydrogens (tertiary/aromatic N) is 3. The molecule has 0 N–H and O–H groups in total. The quantitative estimate of drug-likeness (QED) is 0.322. The van der Waals surface area contributed by atoms with Crippen LogP contribution >= 0.6 is 11.3 Å². The van der Waals surface area contributed by atoms with Gasteiger partial charge in [0, 0.05) is 43.2 Å². The van der Waals surface area contributed by atoms with Crippen LogP contribution in [-0.2, 0) is 17.6 Å². The molecule has 0 bridgehead atoms. The van der Waals surface area contributed by atoms with Crippen LogP contribution in [0.5, 0.6) is 0 Å². The van der Waals surface area contributed by atoms with E-state index in [-0.39, 0.29) is 17.9 Å². The second-order valence-electron chi connectivity index (χ2n) is 11.0. The Bertz CT molecular complexity index is 1270. The molecule has 6 heteroatoms. The molecule has 0 spiro atoms. The first-order valence-corrected chi connectivity index (χ1v) is 15.4. The predicted octanol–water partition coefficient (Wildman–Crippen LogP) is 6.11. The maximum absolute atomic E-state index is 13.6. The van der Waals surface area contributed by atoms with Crippen LogP contribution in [-0.4, -0.2) is 65.8 Å². The standard InChI is InChI=1S/C33H41N3O2S/c1-3-4-5-10-26-12-14-27(15-13-26)33(38)35-19-8-18-34(21-22-35)31(37)24-36-20-16-30-29(17-23-39-30)32(36)28-11-7-6-9-25(28)2/h6-7,9,11-15,17,23,32H,3-5,8,10,16,18-22,24H2,1-2H3. The number of amides is 2. The molecule has 2 aromatic carbocycles. The van der Waals surface area contributed by atoms with E-state index in [4.69, 9.17) is 0 Å². The zero-order chi connectivity index (χ0) is 27.2.